The van der Waals surface area contributed by atoms with Gasteiger partial charge in [0.05, 0.1) is 19.8 Å². The number of amides is 1. The van der Waals surface area contributed by atoms with Crippen molar-refractivity contribution < 1.29 is 9.53 Å². The number of hydrogen-bond acceptors (Lipinski definition) is 4. The second kappa shape index (κ2) is 6.37. The van der Waals surface area contributed by atoms with Crippen molar-refractivity contribution in [3.05, 3.63) is 29.8 Å². The molecule has 5 heteroatoms. The molecule has 1 saturated heterocycles. The van der Waals surface area contributed by atoms with E-state index in [1.807, 2.05) is 24.3 Å². The second-order valence-corrected chi connectivity index (χ2v) is 4.41. The zero-order chi connectivity index (χ0) is 12.8. The highest BCUT2D eigenvalue weighted by molar-refractivity contribution is 5.78. The maximum atomic E-state index is 11.7. The van der Waals surface area contributed by atoms with Crippen molar-refractivity contribution in [1.82, 2.24) is 10.2 Å². The Morgan fingerprint density at radius 1 is 1.39 bits per heavy atom. The van der Waals surface area contributed by atoms with Crippen molar-refractivity contribution >= 4 is 11.6 Å². The average molecular weight is 249 g/mol. The lowest BCUT2D eigenvalue weighted by Crippen LogP contribution is -2.43. The van der Waals surface area contributed by atoms with Gasteiger partial charge in [0.15, 0.2) is 0 Å². The summed E-state index contributed by atoms with van der Waals surface area (Å²) in [6, 6.07) is 7.54. The lowest BCUT2D eigenvalue weighted by atomic mass is 10.2. The van der Waals surface area contributed by atoms with Crippen LogP contribution in [0.4, 0.5) is 5.69 Å². The molecule has 0 atom stereocenters. The SMILES string of the molecule is Nc1cccc(CNC(=O)CN2CCOCC2)c1. The van der Waals surface area contributed by atoms with E-state index in [9.17, 15) is 4.79 Å². The summed E-state index contributed by atoms with van der Waals surface area (Å²) >= 11 is 0. The number of benzene rings is 1. The first-order chi connectivity index (χ1) is 8.74. The number of anilines is 1. The molecular formula is C13H19N3O2. The minimum atomic E-state index is 0.0410. The summed E-state index contributed by atoms with van der Waals surface area (Å²) in [5, 5.41) is 2.90. The highest BCUT2D eigenvalue weighted by Crippen LogP contribution is 2.05. The summed E-state index contributed by atoms with van der Waals surface area (Å²) in [7, 11) is 0. The summed E-state index contributed by atoms with van der Waals surface area (Å²) in [4.78, 5) is 13.8. The normalized spacial score (nSPS) is 16.4. The number of nitrogen functional groups attached to an aromatic ring is 1. The van der Waals surface area contributed by atoms with E-state index in [0.29, 0.717) is 26.3 Å². The van der Waals surface area contributed by atoms with Gasteiger partial charge in [0, 0.05) is 25.3 Å². The Morgan fingerprint density at radius 2 is 2.17 bits per heavy atom. The summed E-state index contributed by atoms with van der Waals surface area (Å²) in [5.74, 6) is 0.0410. The number of nitrogens with two attached hydrogens (primary N) is 1. The first-order valence-electron chi connectivity index (χ1n) is 6.15. The molecule has 1 heterocycles. The van der Waals surface area contributed by atoms with Gasteiger partial charge in [-0.05, 0) is 17.7 Å². The minimum absolute atomic E-state index is 0.0410. The fraction of sp³-hybridized carbons (Fsp3) is 0.462. The minimum Gasteiger partial charge on any atom is -0.399 e. The van der Waals surface area contributed by atoms with Gasteiger partial charge in [-0.25, -0.2) is 0 Å². The van der Waals surface area contributed by atoms with E-state index in [-0.39, 0.29) is 5.91 Å². The molecule has 0 unspecified atom stereocenters. The van der Waals surface area contributed by atoms with Crippen LogP contribution >= 0.6 is 0 Å². The van der Waals surface area contributed by atoms with Gasteiger partial charge in [0.25, 0.3) is 0 Å². The van der Waals surface area contributed by atoms with Crippen LogP contribution in [0.25, 0.3) is 0 Å². The molecule has 2 rings (SSSR count). The van der Waals surface area contributed by atoms with Crippen LogP contribution in [-0.4, -0.2) is 43.7 Å². The molecule has 0 radical (unpaired) electrons. The number of carbonyl (C=O) groups excluding carboxylic acids is 1. The van der Waals surface area contributed by atoms with Crippen molar-refractivity contribution in [2.45, 2.75) is 6.54 Å². The lowest BCUT2D eigenvalue weighted by Gasteiger charge is -2.25. The van der Waals surface area contributed by atoms with Gasteiger partial charge in [0.2, 0.25) is 5.91 Å². The Morgan fingerprint density at radius 3 is 2.89 bits per heavy atom. The molecule has 0 bridgehead atoms. The predicted octanol–water partition coefficient (Wildman–Crippen LogP) is 0.217. The van der Waals surface area contributed by atoms with Gasteiger partial charge in [-0.3, -0.25) is 9.69 Å². The van der Waals surface area contributed by atoms with E-state index in [1.165, 1.54) is 0 Å². The molecule has 1 amide bonds. The lowest BCUT2D eigenvalue weighted by molar-refractivity contribution is -0.123. The largest absolute Gasteiger partial charge is 0.399 e. The monoisotopic (exact) mass is 249 g/mol. The van der Waals surface area contributed by atoms with E-state index >= 15 is 0 Å². The predicted molar refractivity (Wildman–Crippen MR) is 70.0 cm³/mol. The molecule has 1 aromatic rings. The molecule has 3 N–H and O–H groups in total. The van der Waals surface area contributed by atoms with Crippen LogP contribution in [-0.2, 0) is 16.1 Å². The van der Waals surface area contributed by atoms with Crippen LogP contribution in [0, 0.1) is 0 Å². The van der Waals surface area contributed by atoms with Crippen LogP contribution in [0.3, 0.4) is 0 Å². The van der Waals surface area contributed by atoms with E-state index in [4.69, 9.17) is 10.5 Å². The number of carbonyl (C=O) groups is 1. The maximum absolute atomic E-state index is 11.7. The Hall–Kier alpha value is -1.59. The molecular weight excluding hydrogens is 230 g/mol. The first-order valence-corrected chi connectivity index (χ1v) is 6.15. The van der Waals surface area contributed by atoms with Crippen molar-refractivity contribution in [3.63, 3.8) is 0 Å². The smallest absolute Gasteiger partial charge is 0.234 e. The molecule has 0 aromatic heterocycles. The topological polar surface area (TPSA) is 67.6 Å². The van der Waals surface area contributed by atoms with Gasteiger partial charge >= 0.3 is 0 Å². The van der Waals surface area contributed by atoms with E-state index in [1.54, 1.807) is 0 Å². The third-order valence-corrected chi connectivity index (χ3v) is 2.91. The van der Waals surface area contributed by atoms with Gasteiger partial charge in [-0.1, -0.05) is 12.1 Å². The van der Waals surface area contributed by atoms with E-state index in [0.717, 1.165) is 24.3 Å². The fourth-order valence-corrected chi connectivity index (χ4v) is 1.92. The summed E-state index contributed by atoms with van der Waals surface area (Å²) < 4.78 is 5.24. The first kappa shape index (κ1) is 12.9. The molecule has 1 aromatic carbocycles. The average Bonchev–Trinajstić information content (AvgIpc) is 2.38. The molecule has 18 heavy (non-hydrogen) atoms. The maximum Gasteiger partial charge on any atom is 0.234 e. The highest BCUT2D eigenvalue weighted by Gasteiger charge is 2.13. The van der Waals surface area contributed by atoms with Crippen LogP contribution in [0.15, 0.2) is 24.3 Å². The van der Waals surface area contributed by atoms with Crippen LogP contribution < -0.4 is 11.1 Å². The van der Waals surface area contributed by atoms with Crippen molar-refractivity contribution in [2.75, 3.05) is 38.6 Å². The standard InChI is InChI=1S/C13H19N3O2/c14-12-3-1-2-11(8-12)9-15-13(17)10-16-4-6-18-7-5-16/h1-3,8H,4-7,9-10,14H2,(H,15,17). The number of hydrogen-bond donors (Lipinski definition) is 2. The van der Waals surface area contributed by atoms with Gasteiger partial charge < -0.3 is 15.8 Å². The summed E-state index contributed by atoms with van der Waals surface area (Å²) in [6.45, 7) is 4.03. The Bertz CT molecular complexity index is 403. The number of nitrogens with zero attached hydrogens (tertiary/aromatic N) is 1. The third-order valence-electron chi connectivity index (χ3n) is 2.91. The molecule has 98 valence electrons. The number of rotatable bonds is 4. The van der Waals surface area contributed by atoms with Gasteiger partial charge in [-0.2, -0.15) is 0 Å². The number of ether oxygens (including phenoxy) is 1. The molecule has 0 saturated carbocycles. The Kier molecular flexibility index (Phi) is 4.55. The molecule has 0 spiro atoms. The van der Waals surface area contributed by atoms with Crippen molar-refractivity contribution in [3.8, 4) is 0 Å². The van der Waals surface area contributed by atoms with Crippen LogP contribution in [0.2, 0.25) is 0 Å². The molecule has 1 fully saturated rings. The molecule has 5 nitrogen and oxygen atoms in total. The van der Waals surface area contributed by atoms with Gasteiger partial charge in [-0.15, -0.1) is 0 Å². The molecule has 1 aliphatic heterocycles. The van der Waals surface area contributed by atoms with Crippen LogP contribution in [0.1, 0.15) is 5.56 Å². The van der Waals surface area contributed by atoms with E-state index < -0.39 is 0 Å². The summed E-state index contributed by atoms with van der Waals surface area (Å²) in [6.07, 6.45) is 0. The fourth-order valence-electron chi connectivity index (χ4n) is 1.92. The molecule has 0 aliphatic carbocycles. The molecule has 1 aliphatic rings. The van der Waals surface area contributed by atoms with E-state index in [2.05, 4.69) is 10.2 Å². The Labute approximate surface area is 107 Å². The zero-order valence-electron chi connectivity index (χ0n) is 10.4. The number of morpholine rings is 1. The quantitative estimate of drug-likeness (QED) is 0.749. The third kappa shape index (κ3) is 4.01. The highest BCUT2D eigenvalue weighted by atomic mass is 16.5. The van der Waals surface area contributed by atoms with Crippen molar-refractivity contribution in [2.24, 2.45) is 0 Å². The number of nitrogens with one attached hydrogen (secondary N) is 1. The van der Waals surface area contributed by atoms with Crippen molar-refractivity contribution in [1.29, 1.82) is 0 Å². The summed E-state index contributed by atoms with van der Waals surface area (Å²) in [5.41, 5.74) is 7.42. The second-order valence-electron chi connectivity index (χ2n) is 4.41. The Balaban J connectivity index is 1.74. The van der Waals surface area contributed by atoms with Crippen LogP contribution in [0.5, 0.6) is 0 Å². The zero-order valence-corrected chi connectivity index (χ0v) is 10.4. The van der Waals surface area contributed by atoms with Gasteiger partial charge in [0.1, 0.15) is 0 Å².